The van der Waals surface area contributed by atoms with Crippen molar-refractivity contribution in [3.8, 4) is 0 Å². The molecule has 0 spiro atoms. The van der Waals surface area contributed by atoms with E-state index < -0.39 is 0 Å². The van der Waals surface area contributed by atoms with Gasteiger partial charge in [-0.25, -0.2) is 5.32 Å². The number of nitrogens with zero attached hydrogens (tertiary/aromatic N) is 2. The van der Waals surface area contributed by atoms with E-state index in [1.54, 1.807) is 0 Å². The molecule has 0 amide bonds. The predicted octanol–water partition coefficient (Wildman–Crippen LogP) is 2.27. The van der Waals surface area contributed by atoms with Gasteiger partial charge in [-0.2, -0.15) is 0 Å². The van der Waals surface area contributed by atoms with Crippen molar-refractivity contribution in [2.24, 2.45) is 0 Å². The summed E-state index contributed by atoms with van der Waals surface area (Å²) in [7, 11) is 0. The van der Waals surface area contributed by atoms with Crippen molar-refractivity contribution in [3.05, 3.63) is 40.9 Å². The van der Waals surface area contributed by atoms with Crippen LogP contribution in [0.15, 0.2) is 30.3 Å². The second-order valence-electron chi connectivity index (χ2n) is 3.93. The number of piperazine rings is 1. The Balaban J connectivity index is 1.82. The summed E-state index contributed by atoms with van der Waals surface area (Å²) in [6, 6.07) is 7.90. The van der Waals surface area contributed by atoms with E-state index in [0.717, 1.165) is 37.7 Å². The number of benzene rings is 1. The first kappa shape index (κ1) is 11.6. The summed E-state index contributed by atoms with van der Waals surface area (Å²) in [5, 5.41) is 5.11. The number of rotatable bonds is 3. The van der Waals surface area contributed by atoms with Gasteiger partial charge in [0.05, 0.1) is 0 Å². The third-order valence-electron chi connectivity index (χ3n) is 2.69. The Morgan fingerprint density at radius 1 is 1.19 bits per heavy atom. The Labute approximate surface area is 102 Å². The zero-order valence-corrected chi connectivity index (χ0v) is 10.0. The molecule has 1 radical (unpaired) electrons. The molecule has 0 unspecified atom stereocenters. The van der Waals surface area contributed by atoms with Crippen LogP contribution in [0.25, 0.3) is 6.08 Å². The van der Waals surface area contributed by atoms with Crippen LogP contribution in [0.2, 0.25) is 5.02 Å². The maximum Gasteiger partial charge on any atom is 0.0406 e. The molecule has 1 saturated heterocycles. The highest BCUT2D eigenvalue weighted by Gasteiger charge is 2.07. The first-order valence-electron chi connectivity index (χ1n) is 5.62. The smallest absolute Gasteiger partial charge is 0.0406 e. The van der Waals surface area contributed by atoms with Gasteiger partial charge < -0.3 is 0 Å². The summed E-state index contributed by atoms with van der Waals surface area (Å²) >= 11 is 5.82. The van der Waals surface area contributed by atoms with Crippen LogP contribution in [0.1, 0.15) is 5.56 Å². The quantitative estimate of drug-likeness (QED) is 0.786. The molecule has 0 saturated carbocycles. The van der Waals surface area contributed by atoms with E-state index in [1.165, 1.54) is 5.56 Å². The zero-order chi connectivity index (χ0) is 11.2. The summed E-state index contributed by atoms with van der Waals surface area (Å²) in [5.41, 5.74) is 1.20. The van der Waals surface area contributed by atoms with Crippen LogP contribution in [0.4, 0.5) is 0 Å². The van der Waals surface area contributed by atoms with E-state index in [9.17, 15) is 0 Å². The molecule has 0 aliphatic carbocycles. The minimum absolute atomic E-state index is 0.787. The standard InChI is InChI=1S/C13H16ClN2/c14-13-5-3-12(4-6-13)2-1-9-16-10-7-15-8-11-16/h1-6H,7-11H2/b2-1+. The van der Waals surface area contributed by atoms with E-state index in [2.05, 4.69) is 22.4 Å². The van der Waals surface area contributed by atoms with E-state index in [-0.39, 0.29) is 0 Å². The third-order valence-corrected chi connectivity index (χ3v) is 2.94. The molecule has 1 aromatic carbocycles. The predicted molar refractivity (Wildman–Crippen MR) is 68.8 cm³/mol. The molecule has 3 heteroatoms. The van der Waals surface area contributed by atoms with Gasteiger partial charge in [-0.3, -0.25) is 4.90 Å². The van der Waals surface area contributed by atoms with Gasteiger partial charge in [0.25, 0.3) is 0 Å². The van der Waals surface area contributed by atoms with E-state index >= 15 is 0 Å². The number of halogens is 1. The van der Waals surface area contributed by atoms with Gasteiger partial charge in [0, 0.05) is 37.7 Å². The summed E-state index contributed by atoms with van der Waals surface area (Å²) in [6.45, 7) is 5.15. The lowest BCUT2D eigenvalue weighted by molar-refractivity contribution is 0.262. The Morgan fingerprint density at radius 2 is 1.88 bits per heavy atom. The van der Waals surface area contributed by atoms with E-state index in [1.807, 2.05) is 24.3 Å². The Kier molecular flexibility index (Phi) is 4.40. The highest BCUT2D eigenvalue weighted by molar-refractivity contribution is 6.30. The fraction of sp³-hybridized carbons (Fsp3) is 0.385. The second-order valence-corrected chi connectivity index (χ2v) is 4.36. The zero-order valence-electron chi connectivity index (χ0n) is 9.27. The molecule has 1 heterocycles. The first-order chi connectivity index (χ1) is 7.84. The average Bonchev–Trinajstić information content (AvgIpc) is 2.33. The van der Waals surface area contributed by atoms with Gasteiger partial charge in [-0.15, -0.1) is 0 Å². The average molecular weight is 236 g/mol. The molecule has 0 N–H and O–H groups in total. The summed E-state index contributed by atoms with van der Waals surface area (Å²) in [4.78, 5) is 2.42. The van der Waals surface area contributed by atoms with Crippen LogP contribution in [0.5, 0.6) is 0 Å². The van der Waals surface area contributed by atoms with Gasteiger partial charge in [-0.05, 0) is 17.7 Å². The van der Waals surface area contributed by atoms with Crippen LogP contribution < -0.4 is 5.32 Å². The monoisotopic (exact) mass is 235 g/mol. The van der Waals surface area contributed by atoms with Gasteiger partial charge in [0.1, 0.15) is 0 Å². The van der Waals surface area contributed by atoms with Gasteiger partial charge in [0.15, 0.2) is 0 Å². The topological polar surface area (TPSA) is 17.3 Å². The molecule has 16 heavy (non-hydrogen) atoms. The van der Waals surface area contributed by atoms with Crippen molar-refractivity contribution in [1.82, 2.24) is 10.2 Å². The highest BCUT2D eigenvalue weighted by Crippen LogP contribution is 2.10. The molecule has 1 aromatic rings. The molecule has 1 fully saturated rings. The minimum atomic E-state index is 0.787. The molecule has 0 aromatic heterocycles. The SMILES string of the molecule is Clc1ccc(/C=C/CN2CC[N]CC2)cc1. The van der Waals surface area contributed by atoms with Crippen molar-refractivity contribution in [2.45, 2.75) is 0 Å². The van der Waals surface area contributed by atoms with Gasteiger partial charge in [0.2, 0.25) is 0 Å². The van der Waals surface area contributed by atoms with Crippen molar-refractivity contribution in [1.29, 1.82) is 0 Å². The molecule has 0 atom stereocenters. The summed E-state index contributed by atoms with van der Waals surface area (Å²) < 4.78 is 0. The van der Waals surface area contributed by atoms with Crippen molar-refractivity contribution >= 4 is 17.7 Å². The lowest BCUT2D eigenvalue weighted by atomic mass is 10.2. The largest absolute Gasteiger partial charge is 0.297 e. The lowest BCUT2D eigenvalue weighted by Gasteiger charge is -2.24. The van der Waals surface area contributed by atoms with Crippen LogP contribution in [-0.4, -0.2) is 37.6 Å². The third kappa shape index (κ3) is 3.63. The van der Waals surface area contributed by atoms with E-state index in [4.69, 9.17) is 11.6 Å². The van der Waals surface area contributed by atoms with Crippen LogP contribution >= 0.6 is 11.6 Å². The normalized spacial score (nSPS) is 18.1. The van der Waals surface area contributed by atoms with Crippen LogP contribution in [0, 0.1) is 0 Å². The fourth-order valence-electron chi connectivity index (χ4n) is 1.74. The van der Waals surface area contributed by atoms with Crippen molar-refractivity contribution in [3.63, 3.8) is 0 Å². The lowest BCUT2D eigenvalue weighted by Crippen LogP contribution is -2.40. The number of hydrogen-bond donors (Lipinski definition) is 0. The van der Waals surface area contributed by atoms with Crippen LogP contribution in [0.3, 0.4) is 0 Å². The maximum atomic E-state index is 5.82. The molecule has 0 bridgehead atoms. The van der Waals surface area contributed by atoms with Crippen molar-refractivity contribution < 1.29 is 0 Å². The first-order valence-corrected chi connectivity index (χ1v) is 6.00. The second kappa shape index (κ2) is 6.04. The number of hydrogen-bond acceptors (Lipinski definition) is 1. The van der Waals surface area contributed by atoms with Crippen molar-refractivity contribution in [2.75, 3.05) is 32.7 Å². The fourth-order valence-corrected chi connectivity index (χ4v) is 1.87. The molecule has 1 aliphatic heterocycles. The summed E-state index contributed by atoms with van der Waals surface area (Å²) in [5.74, 6) is 0. The summed E-state index contributed by atoms with van der Waals surface area (Å²) in [6.07, 6.45) is 4.34. The molecule has 2 rings (SSSR count). The highest BCUT2D eigenvalue weighted by atomic mass is 35.5. The minimum Gasteiger partial charge on any atom is -0.297 e. The van der Waals surface area contributed by atoms with Crippen LogP contribution in [-0.2, 0) is 0 Å². The molecule has 85 valence electrons. The Morgan fingerprint density at radius 3 is 2.56 bits per heavy atom. The van der Waals surface area contributed by atoms with Gasteiger partial charge >= 0.3 is 0 Å². The van der Waals surface area contributed by atoms with E-state index in [0.29, 0.717) is 0 Å². The molecular formula is C13H16ClN2. The maximum absolute atomic E-state index is 5.82. The Bertz CT molecular complexity index is 339. The molecule has 1 aliphatic rings. The van der Waals surface area contributed by atoms with Gasteiger partial charge in [-0.1, -0.05) is 35.9 Å². The molecule has 2 nitrogen and oxygen atoms in total. The Hall–Kier alpha value is -0.830. The molecular weight excluding hydrogens is 220 g/mol.